The van der Waals surface area contributed by atoms with E-state index >= 15 is 0 Å². The lowest BCUT2D eigenvalue weighted by Gasteiger charge is -2.16. The van der Waals surface area contributed by atoms with Gasteiger partial charge in [0.25, 0.3) is 0 Å². The molecule has 1 radical (unpaired) electrons. The number of nitrogens with one attached hydrogen (secondary N) is 1. The molecule has 0 aromatic carbocycles. The lowest BCUT2D eigenvalue weighted by molar-refractivity contribution is 0.304. The molecule has 0 spiro atoms. The molecule has 0 amide bonds. The molecule has 0 aliphatic carbocycles. The number of hydrazine groups is 1. The summed E-state index contributed by atoms with van der Waals surface area (Å²) in [6, 6.07) is 0. The van der Waals surface area contributed by atoms with E-state index in [0.29, 0.717) is 0 Å². The molecular formula is C6H8N3. The molecule has 1 rings (SSSR count). The molecule has 0 bridgehead atoms. The largest absolute Gasteiger partial charge is 0.289 e. The number of nitrogens with zero attached hydrogens (tertiary/aromatic N) is 2. The summed E-state index contributed by atoms with van der Waals surface area (Å²) in [7, 11) is 0. The molecule has 0 aromatic rings. The second kappa shape index (κ2) is 2.91. The third-order valence-corrected chi connectivity index (χ3v) is 0.827. The zero-order valence-electron chi connectivity index (χ0n) is 4.99. The zero-order chi connectivity index (χ0) is 6.53. The Bertz CT molecular complexity index is 146. The van der Waals surface area contributed by atoms with Crippen LogP contribution in [0.25, 0.3) is 0 Å². The van der Waals surface area contributed by atoms with E-state index in [1.165, 1.54) is 0 Å². The zero-order valence-corrected chi connectivity index (χ0v) is 4.99. The van der Waals surface area contributed by atoms with Crippen molar-refractivity contribution in [2.75, 3.05) is 0 Å². The number of hydrogen-bond donors (Lipinski definition) is 1. The van der Waals surface area contributed by atoms with Gasteiger partial charge in [-0.2, -0.15) is 10.2 Å². The van der Waals surface area contributed by atoms with Crippen LogP contribution in [-0.2, 0) is 0 Å². The van der Waals surface area contributed by atoms with E-state index in [4.69, 9.17) is 0 Å². The maximum absolute atomic E-state index is 3.90. The highest BCUT2D eigenvalue weighted by atomic mass is 15.7. The van der Waals surface area contributed by atoms with E-state index < -0.39 is 0 Å². The molecule has 1 aliphatic heterocycles. The van der Waals surface area contributed by atoms with Crippen LogP contribution >= 0.6 is 0 Å². The summed E-state index contributed by atoms with van der Waals surface area (Å²) < 4.78 is 0. The first-order valence-corrected chi connectivity index (χ1v) is 2.64. The third kappa shape index (κ3) is 1.60. The molecule has 0 atom stereocenters. The van der Waals surface area contributed by atoms with Gasteiger partial charge in [0.05, 0.1) is 6.21 Å². The van der Waals surface area contributed by atoms with Crippen molar-refractivity contribution in [2.45, 2.75) is 0 Å². The number of rotatable bonds is 2. The van der Waals surface area contributed by atoms with E-state index in [0.717, 1.165) is 0 Å². The van der Waals surface area contributed by atoms with Gasteiger partial charge in [-0.1, -0.05) is 6.08 Å². The van der Waals surface area contributed by atoms with Crippen LogP contribution in [0.1, 0.15) is 0 Å². The van der Waals surface area contributed by atoms with Crippen molar-refractivity contribution < 1.29 is 0 Å². The molecular weight excluding hydrogens is 114 g/mol. The van der Waals surface area contributed by atoms with Gasteiger partial charge in [0.1, 0.15) is 6.54 Å². The molecule has 0 saturated heterocycles. The topological polar surface area (TPSA) is 27.6 Å². The minimum atomic E-state index is 1.56. The number of hydrogen-bond acceptors (Lipinski definition) is 3. The lowest BCUT2D eigenvalue weighted by Crippen LogP contribution is -2.27. The molecule has 1 heterocycles. The Morgan fingerprint density at radius 2 is 2.56 bits per heavy atom. The van der Waals surface area contributed by atoms with Gasteiger partial charge in [-0.25, -0.2) is 0 Å². The van der Waals surface area contributed by atoms with Crippen molar-refractivity contribution in [2.24, 2.45) is 5.10 Å². The van der Waals surface area contributed by atoms with Crippen molar-refractivity contribution in [3.8, 4) is 0 Å². The van der Waals surface area contributed by atoms with Gasteiger partial charge >= 0.3 is 0 Å². The average Bonchev–Trinajstić information content (AvgIpc) is 1.91. The van der Waals surface area contributed by atoms with Crippen molar-refractivity contribution in [1.82, 2.24) is 10.5 Å². The van der Waals surface area contributed by atoms with Gasteiger partial charge in [-0.3, -0.25) is 5.43 Å². The van der Waals surface area contributed by atoms with E-state index in [1.807, 2.05) is 6.08 Å². The van der Waals surface area contributed by atoms with Gasteiger partial charge in [0.2, 0.25) is 0 Å². The second-order valence-corrected chi connectivity index (χ2v) is 1.48. The maximum atomic E-state index is 3.90. The summed E-state index contributed by atoms with van der Waals surface area (Å²) >= 11 is 0. The molecule has 1 N–H and O–H groups in total. The van der Waals surface area contributed by atoms with Crippen molar-refractivity contribution in [1.29, 1.82) is 0 Å². The summed E-state index contributed by atoms with van der Waals surface area (Å²) in [5.74, 6) is 0. The minimum Gasteiger partial charge on any atom is -0.289 e. The van der Waals surface area contributed by atoms with Gasteiger partial charge in [0, 0.05) is 6.20 Å². The third-order valence-electron chi connectivity index (χ3n) is 0.827. The summed E-state index contributed by atoms with van der Waals surface area (Å²) in [4.78, 5) is 0. The highest BCUT2D eigenvalue weighted by Gasteiger charge is 1.93. The molecule has 9 heavy (non-hydrogen) atoms. The predicted molar refractivity (Wildman–Crippen MR) is 37.1 cm³/mol. The normalized spacial score (nSPS) is 15.3. The second-order valence-electron chi connectivity index (χ2n) is 1.48. The lowest BCUT2D eigenvalue weighted by atomic mass is 10.6. The maximum Gasteiger partial charge on any atom is 0.115 e. The van der Waals surface area contributed by atoms with Crippen LogP contribution < -0.4 is 5.43 Å². The quantitative estimate of drug-likeness (QED) is 0.582. The Morgan fingerprint density at radius 1 is 1.67 bits per heavy atom. The molecule has 0 saturated carbocycles. The highest BCUT2D eigenvalue weighted by Crippen LogP contribution is 1.91. The van der Waals surface area contributed by atoms with Crippen molar-refractivity contribution in [3.63, 3.8) is 0 Å². The molecule has 3 heteroatoms. The molecule has 47 valence electrons. The first-order chi connectivity index (χ1) is 4.43. The summed E-state index contributed by atoms with van der Waals surface area (Å²) in [6.45, 7) is 5.24. The fourth-order valence-corrected chi connectivity index (χ4v) is 0.487. The molecule has 0 aromatic heterocycles. The Kier molecular flexibility index (Phi) is 1.90. The SMILES string of the molecule is C=C[CH]N1N=CC=CN1. The van der Waals surface area contributed by atoms with Crippen LogP contribution in [0.5, 0.6) is 0 Å². The van der Waals surface area contributed by atoms with Crippen molar-refractivity contribution >= 4 is 6.21 Å². The summed E-state index contributed by atoms with van der Waals surface area (Å²) in [5.41, 5.74) is 2.85. The minimum absolute atomic E-state index is 1.56. The number of hydrazone groups is 1. The molecule has 3 nitrogen and oxygen atoms in total. The molecule has 0 fully saturated rings. The standard InChI is InChI=1S/C6H8N3/c1-2-6-9-7-4-3-5-8-9/h2-7H,1H2. The van der Waals surface area contributed by atoms with Crippen LogP contribution in [0.3, 0.4) is 0 Å². The summed E-state index contributed by atoms with van der Waals surface area (Å²) in [6.07, 6.45) is 6.94. The Morgan fingerprint density at radius 3 is 3.11 bits per heavy atom. The van der Waals surface area contributed by atoms with Crippen LogP contribution in [0.4, 0.5) is 0 Å². The van der Waals surface area contributed by atoms with E-state index in [-0.39, 0.29) is 0 Å². The van der Waals surface area contributed by atoms with E-state index in [9.17, 15) is 0 Å². The molecule has 0 unspecified atom stereocenters. The van der Waals surface area contributed by atoms with E-state index in [2.05, 4.69) is 17.1 Å². The van der Waals surface area contributed by atoms with E-state index in [1.54, 1.807) is 30.2 Å². The number of allylic oxidation sites excluding steroid dienone is 1. The fourth-order valence-electron chi connectivity index (χ4n) is 0.487. The first-order valence-electron chi connectivity index (χ1n) is 2.64. The summed E-state index contributed by atoms with van der Waals surface area (Å²) in [5, 5.41) is 5.47. The predicted octanol–water partition coefficient (Wildman–Crippen LogP) is 0.654. The van der Waals surface area contributed by atoms with Gasteiger partial charge < -0.3 is 0 Å². The highest BCUT2D eigenvalue weighted by molar-refractivity contribution is 5.71. The van der Waals surface area contributed by atoms with Crippen molar-refractivity contribution in [3.05, 3.63) is 31.5 Å². The fraction of sp³-hybridized carbons (Fsp3) is 0. The monoisotopic (exact) mass is 122 g/mol. The van der Waals surface area contributed by atoms with Crippen LogP contribution in [0.2, 0.25) is 0 Å². The van der Waals surface area contributed by atoms with Gasteiger partial charge in [0.15, 0.2) is 0 Å². The van der Waals surface area contributed by atoms with Crippen LogP contribution in [-0.4, -0.2) is 11.3 Å². The molecule has 1 aliphatic rings. The smallest absolute Gasteiger partial charge is 0.115 e. The first kappa shape index (κ1) is 5.88. The average molecular weight is 122 g/mol. The Hall–Kier alpha value is -1.25. The Balaban J connectivity index is 2.36. The Labute approximate surface area is 54.3 Å². The van der Waals surface area contributed by atoms with Crippen LogP contribution in [0.15, 0.2) is 30.0 Å². The van der Waals surface area contributed by atoms with Crippen LogP contribution in [0, 0.1) is 6.54 Å². The van der Waals surface area contributed by atoms with Gasteiger partial charge in [-0.15, -0.1) is 6.58 Å². The van der Waals surface area contributed by atoms with Gasteiger partial charge in [-0.05, 0) is 6.08 Å².